The third-order valence-corrected chi connectivity index (χ3v) is 4.93. The molecule has 0 spiro atoms. The number of hydrogen-bond donors (Lipinski definition) is 1. The van der Waals surface area contributed by atoms with Crippen LogP contribution in [0.15, 0.2) is 60.7 Å². The molecule has 1 aliphatic rings. The number of hydrogen-bond acceptors (Lipinski definition) is 4. The minimum atomic E-state index is 0.182. The van der Waals surface area contributed by atoms with E-state index in [0.29, 0.717) is 6.04 Å². The van der Waals surface area contributed by atoms with Gasteiger partial charge in [0, 0.05) is 29.5 Å². The van der Waals surface area contributed by atoms with E-state index in [2.05, 4.69) is 72.6 Å². The summed E-state index contributed by atoms with van der Waals surface area (Å²) in [5.41, 5.74) is 4.78. The zero-order chi connectivity index (χ0) is 18.1. The zero-order valence-corrected chi connectivity index (χ0v) is 15.5. The molecule has 0 radical (unpaired) electrons. The molecule has 1 N–H and O–H groups in total. The molecule has 3 aromatic rings. The lowest BCUT2D eigenvalue weighted by molar-refractivity contribution is 0.737. The first-order valence-electron chi connectivity index (χ1n) is 9.16. The molecule has 4 nitrogen and oxygen atoms in total. The maximum Gasteiger partial charge on any atom is 0.232 e. The van der Waals surface area contributed by atoms with Crippen molar-refractivity contribution in [3.63, 3.8) is 0 Å². The van der Waals surface area contributed by atoms with Crippen LogP contribution in [0.5, 0.6) is 0 Å². The summed E-state index contributed by atoms with van der Waals surface area (Å²) in [5, 5.41) is 3.52. The van der Waals surface area contributed by atoms with Crippen LogP contribution in [0.2, 0.25) is 0 Å². The van der Waals surface area contributed by atoms with E-state index in [9.17, 15) is 0 Å². The lowest BCUT2D eigenvalue weighted by Gasteiger charge is -2.24. The smallest absolute Gasteiger partial charge is 0.232 e. The molecule has 2 heterocycles. The summed E-state index contributed by atoms with van der Waals surface area (Å²) in [4.78, 5) is 11.8. The summed E-state index contributed by atoms with van der Waals surface area (Å²) in [6.07, 6.45) is 1.02. The van der Waals surface area contributed by atoms with Gasteiger partial charge in [-0.05, 0) is 44.4 Å². The first-order valence-corrected chi connectivity index (χ1v) is 9.16. The highest BCUT2D eigenvalue weighted by molar-refractivity contribution is 5.67. The molecule has 2 unspecified atom stereocenters. The second-order valence-corrected chi connectivity index (χ2v) is 7.02. The van der Waals surface area contributed by atoms with Crippen LogP contribution in [-0.4, -0.2) is 16.0 Å². The van der Waals surface area contributed by atoms with Crippen molar-refractivity contribution in [2.75, 3.05) is 10.2 Å². The number of nitrogens with one attached hydrogen (secondary N) is 1. The average Bonchev–Trinajstić information content (AvgIpc) is 2.97. The Hall–Kier alpha value is -2.88. The Bertz CT molecular complexity index is 907. The number of benzene rings is 2. The van der Waals surface area contributed by atoms with Crippen molar-refractivity contribution in [1.29, 1.82) is 0 Å². The molecule has 0 amide bonds. The van der Waals surface area contributed by atoms with Crippen molar-refractivity contribution < 1.29 is 0 Å². The number of aryl methyl sites for hydroxylation is 1. The van der Waals surface area contributed by atoms with Crippen LogP contribution in [0.1, 0.15) is 36.7 Å². The van der Waals surface area contributed by atoms with Crippen molar-refractivity contribution in [3.8, 4) is 0 Å². The molecule has 26 heavy (non-hydrogen) atoms. The number of nitrogens with zero attached hydrogens (tertiary/aromatic N) is 3. The third-order valence-electron chi connectivity index (χ3n) is 4.93. The Morgan fingerprint density at radius 3 is 2.58 bits per heavy atom. The van der Waals surface area contributed by atoms with Gasteiger partial charge in [0.05, 0.1) is 0 Å². The number of anilines is 3. The molecule has 1 aromatic heterocycles. The Labute approximate surface area is 154 Å². The molecular formula is C22H24N4. The fourth-order valence-electron chi connectivity index (χ4n) is 3.65. The van der Waals surface area contributed by atoms with Crippen molar-refractivity contribution in [2.45, 2.75) is 39.3 Å². The largest absolute Gasteiger partial charge is 0.363 e. The summed E-state index contributed by atoms with van der Waals surface area (Å²) in [6.45, 7) is 6.40. The predicted molar refractivity (Wildman–Crippen MR) is 107 cm³/mol. The topological polar surface area (TPSA) is 41.1 Å². The van der Waals surface area contributed by atoms with Gasteiger partial charge >= 0.3 is 0 Å². The molecule has 0 saturated heterocycles. The fraction of sp³-hybridized carbons (Fsp3) is 0.273. The highest BCUT2D eigenvalue weighted by Crippen LogP contribution is 2.37. The Kier molecular flexibility index (Phi) is 4.33. The molecule has 132 valence electrons. The quantitative estimate of drug-likeness (QED) is 0.720. The summed E-state index contributed by atoms with van der Waals surface area (Å²) >= 11 is 0. The minimum Gasteiger partial charge on any atom is -0.363 e. The normalized spacial score (nSPS) is 17.0. The summed E-state index contributed by atoms with van der Waals surface area (Å²) in [6, 6.07) is 21.5. The molecular weight excluding hydrogens is 320 g/mol. The highest BCUT2D eigenvalue weighted by atomic mass is 15.3. The van der Waals surface area contributed by atoms with E-state index in [-0.39, 0.29) is 6.04 Å². The molecule has 0 fully saturated rings. The zero-order valence-electron chi connectivity index (χ0n) is 15.5. The van der Waals surface area contributed by atoms with Gasteiger partial charge in [-0.2, -0.15) is 4.98 Å². The van der Waals surface area contributed by atoms with Crippen molar-refractivity contribution >= 4 is 17.5 Å². The predicted octanol–water partition coefficient (Wildman–Crippen LogP) is 5.04. The average molecular weight is 344 g/mol. The molecule has 0 bridgehead atoms. The second kappa shape index (κ2) is 6.79. The van der Waals surface area contributed by atoms with Gasteiger partial charge in [0.2, 0.25) is 5.95 Å². The molecule has 4 heteroatoms. The number of para-hydroxylation sites is 1. The first-order chi connectivity index (χ1) is 12.6. The van der Waals surface area contributed by atoms with Crippen LogP contribution in [0.25, 0.3) is 0 Å². The number of aromatic nitrogens is 2. The van der Waals surface area contributed by atoms with Gasteiger partial charge in [-0.1, -0.05) is 48.5 Å². The molecule has 1 aliphatic heterocycles. The SMILES string of the molecule is Cc1cc(NC(C)c2ccccc2)nc(N2c3ccccc3CC2C)n1. The van der Waals surface area contributed by atoms with E-state index >= 15 is 0 Å². The van der Waals surface area contributed by atoms with E-state index in [0.717, 1.165) is 23.9 Å². The maximum atomic E-state index is 4.83. The van der Waals surface area contributed by atoms with Gasteiger partial charge in [-0.25, -0.2) is 4.98 Å². The van der Waals surface area contributed by atoms with E-state index in [1.165, 1.54) is 16.8 Å². The first kappa shape index (κ1) is 16.6. The summed E-state index contributed by atoms with van der Waals surface area (Å²) in [7, 11) is 0. The Balaban J connectivity index is 1.65. The van der Waals surface area contributed by atoms with Gasteiger partial charge in [0.25, 0.3) is 0 Å². The molecule has 0 saturated carbocycles. The van der Waals surface area contributed by atoms with Crippen LogP contribution in [0.3, 0.4) is 0 Å². The maximum absolute atomic E-state index is 4.83. The van der Waals surface area contributed by atoms with Gasteiger partial charge in [0.1, 0.15) is 5.82 Å². The van der Waals surface area contributed by atoms with Crippen LogP contribution < -0.4 is 10.2 Å². The van der Waals surface area contributed by atoms with Gasteiger partial charge in [-0.15, -0.1) is 0 Å². The van der Waals surface area contributed by atoms with Crippen LogP contribution in [-0.2, 0) is 6.42 Å². The van der Waals surface area contributed by atoms with Gasteiger partial charge in [-0.3, -0.25) is 0 Å². The van der Waals surface area contributed by atoms with E-state index in [4.69, 9.17) is 9.97 Å². The molecule has 0 aliphatic carbocycles. The highest BCUT2D eigenvalue weighted by Gasteiger charge is 2.29. The standard InChI is InChI=1S/C22H24N4/c1-15-13-21(24-17(3)18-9-5-4-6-10-18)25-22(23-15)26-16(2)14-19-11-7-8-12-20(19)26/h4-13,16-17H,14H2,1-3H3,(H,23,24,25). The minimum absolute atomic E-state index is 0.182. The van der Waals surface area contributed by atoms with E-state index < -0.39 is 0 Å². The Morgan fingerprint density at radius 1 is 1.04 bits per heavy atom. The van der Waals surface area contributed by atoms with Gasteiger partial charge < -0.3 is 10.2 Å². The number of fused-ring (bicyclic) bond motifs is 1. The van der Waals surface area contributed by atoms with Crippen molar-refractivity contribution in [3.05, 3.63) is 77.5 Å². The molecule has 4 rings (SSSR count). The van der Waals surface area contributed by atoms with Crippen LogP contribution >= 0.6 is 0 Å². The molecule has 2 atom stereocenters. The lowest BCUT2D eigenvalue weighted by atomic mass is 10.1. The van der Waals surface area contributed by atoms with Crippen molar-refractivity contribution in [1.82, 2.24) is 9.97 Å². The Morgan fingerprint density at radius 2 is 1.77 bits per heavy atom. The summed E-state index contributed by atoms with van der Waals surface area (Å²) in [5.74, 6) is 1.63. The van der Waals surface area contributed by atoms with E-state index in [1.54, 1.807) is 0 Å². The third kappa shape index (κ3) is 3.15. The second-order valence-electron chi connectivity index (χ2n) is 7.02. The lowest BCUT2D eigenvalue weighted by Crippen LogP contribution is -2.26. The summed E-state index contributed by atoms with van der Waals surface area (Å²) < 4.78 is 0. The van der Waals surface area contributed by atoms with Crippen LogP contribution in [0.4, 0.5) is 17.5 Å². The van der Waals surface area contributed by atoms with E-state index in [1.807, 2.05) is 19.1 Å². The van der Waals surface area contributed by atoms with Gasteiger partial charge in [0.15, 0.2) is 0 Å². The monoisotopic (exact) mass is 344 g/mol. The van der Waals surface area contributed by atoms with Crippen molar-refractivity contribution in [2.24, 2.45) is 0 Å². The molecule has 2 aromatic carbocycles. The fourth-order valence-corrected chi connectivity index (χ4v) is 3.65. The number of rotatable bonds is 4. The van der Waals surface area contributed by atoms with Crippen LogP contribution in [0, 0.1) is 6.92 Å².